The molecule has 0 saturated carbocycles. The number of likely N-dealkylation sites (N-methyl/N-ethyl adjacent to an activating group) is 1. The highest BCUT2D eigenvalue weighted by atomic mass is 16.3. The van der Waals surface area contributed by atoms with E-state index >= 15 is 0 Å². The Balaban J connectivity index is 1.92. The molecular weight excluding hydrogens is 304 g/mol. The molecule has 5 heteroatoms. The van der Waals surface area contributed by atoms with E-state index in [0.29, 0.717) is 0 Å². The van der Waals surface area contributed by atoms with Crippen LogP contribution in [-0.4, -0.2) is 35.4 Å². The van der Waals surface area contributed by atoms with Crippen molar-refractivity contribution >= 4 is 17.5 Å². The van der Waals surface area contributed by atoms with E-state index in [1.165, 1.54) is 17.0 Å². The van der Waals surface area contributed by atoms with E-state index in [1.807, 2.05) is 32.0 Å². The second-order valence-electron chi connectivity index (χ2n) is 5.89. The van der Waals surface area contributed by atoms with Gasteiger partial charge in [0.15, 0.2) is 0 Å². The van der Waals surface area contributed by atoms with Gasteiger partial charge >= 0.3 is 0 Å². The Morgan fingerprint density at radius 1 is 1.08 bits per heavy atom. The van der Waals surface area contributed by atoms with Crippen molar-refractivity contribution in [2.24, 2.45) is 0 Å². The fourth-order valence-corrected chi connectivity index (χ4v) is 2.30. The van der Waals surface area contributed by atoms with E-state index in [9.17, 15) is 14.7 Å². The van der Waals surface area contributed by atoms with Crippen LogP contribution in [0.3, 0.4) is 0 Å². The minimum absolute atomic E-state index is 0.00962. The first-order valence-corrected chi connectivity index (χ1v) is 7.74. The van der Waals surface area contributed by atoms with Crippen molar-refractivity contribution < 1.29 is 14.7 Å². The zero-order valence-corrected chi connectivity index (χ0v) is 14.2. The van der Waals surface area contributed by atoms with Gasteiger partial charge in [0, 0.05) is 12.7 Å². The summed E-state index contributed by atoms with van der Waals surface area (Å²) in [5, 5.41) is 12.1. The molecule has 126 valence electrons. The molecule has 24 heavy (non-hydrogen) atoms. The van der Waals surface area contributed by atoms with Crippen LogP contribution in [0.2, 0.25) is 0 Å². The maximum Gasteiger partial charge on any atom is 0.243 e. The summed E-state index contributed by atoms with van der Waals surface area (Å²) in [6.45, 7) is 3.92. The molecule has 2 rings (SSSR count). The molecule has 0 heterocycles. The fourth-order valence-electron chi connectivity index (χ4n) is 2.30. The second kappa shape index (κ2) is 7.64. The molecule has 2 amide bonds. The maximum atomic E-state index is 12.2. The van der Waals surface area contributed by atoms with Gasteiger partial charge in [0.2, 0.25) is 11.8 Å². The first kappa shape index (κ1) is 17.5. The molecule has 0 atom stereocenters. The molecule has 0 aliphatic carbocycles. The first-order chi connectivity index (χ1) is 11.4. The van der Waals surface area contributed by atoms with E-state index in [0.717, 1.165) is 22.4 Å². The van der Waals surface area contributed by atoms with Gasteiger partial charge in [-0.15, -0.1) is 0 Å². The summed E-state index contributed by atoms with van der Waals surface area (Å²) in [4.78, 5) is 25.7. The van der Waals surface area contributed by atoms with E-state index in [1.54, 1.807) is 19.2 Å². The molecule has 0 bridgehead atoms. The van der Waals surface area contributed by atoms with Gasteiger partial charge in [0.25, 0.3) is 0 Å². The second-order valence-corrected chi connectivity index (χ2v) is 5.89. The number of amides is 2. The Kier molecular flexibility index (Phi) is 5.58. The lowest BCUT2D eigenvalue weighted by molar-refractivity contribution is -0.132. The molecule has 0 aliphatic rings. The van der Waals surface area contributed by atoms with E-state index in [2.05, 4.69) is 5.32 Å². The molecule has 2 N–H and O–H groups in total. The van der Waals surface area contributed by atoms with Crippen molar-refractivity contribution in [3.63, 3.8) is 0 Å². The first-order valence-electron chi connectivity index (χ1n) is 7.74. The molecule has 0 saturated heterocycles. The quantitative estimate of drug-likeness (QED) is 0.887. The maximum absolute atomic E-state index is 12.2. The van der Waals surface area contributed by atoms with Crippen LogP contribution >= 0.6 is 0 Å². The topological polar surface area (TPSA) is 69.6 Å². The number of aromatic hydroxyl groups is 1. The summed E-state index contributed by atoms with van der Waals surface area (Å²) in [6.07, 6.45) is 0.188. The van der Waals surface area contributed by atoms with Gasteiger partial charge in [-0.25, -0.2) is 0 Å². The average molecular weight is 326 g/mol. The lowest BCUT2D eigenvalue weighted by Gasteiger charge is -2.18. The molecule has 0 aliphatic heterocycles. The summed E-state index contributed by atoms with van der Waals surface area (Å²) in [5.41, 5.74) is 3.67. The summed E-state index contributed by atoms with van der Waals surface area (Å²) in [6, 6.07) is 12.2. The Morgan fingerprint density at radius 3 is 2.42 bits per heavy atom. The Bertz CT molecular complexity index is 739. The van der Waals surface area contributed by atoms with Gasteiger partial charge in [0.05, 0.1) is 13.0 Å². The third-order valence-electron chi connectivity index (χ3n) is 3.98. The zero-order valence-electron chi connectivity index (χ0n) is 14.2. The minimum atomic E-state index is -0.231. The molecule has 2 aromatic rings. The van der Waals surface area contributed by atoms with Crippen LogP contribution < -0.4 is 5.32 Å². The third-order valence-corrected chi connectivity index (χ3v) is 3.98. The lowest BCUT2D eigenvalue weighted by Crippen LogP contribution is -2.35. The van der Waals surface area contributed by atoms with Crippen molar-refractivity contribution in [1.29, 1.82) is 0 Å². The normalized spacial score (nSPS) is 10.3. The molecular formula is C19H22N2O3. The van der Waals surface area contributed by atoms with Crippen molar-refractivity contribution in [1.82, 2.24) is 4.90 Å². The average Bonchev–Trinajstić information content (AvgIpc) is 2.54. The van der Waals surface area contributed by atoms with Crippen molar-refractivity contribution in [2.45, 2.75) is 20.3 Å². The summed E-state index contributed by atoms with van der Waals surface area (Å²) in [5.74, 6) is -0.227. The van der Waals surface area contributed by atoms with Gasteiger partial charge in [-0.2, -0.15) is 0 Å². The fraction of sp³-hybridized carbons (Fsp3) is 0.263. The number of rotatable bonds is 5. The van der Waals surface area contributed by atoms with E-state index < -0.39 is 0 Å². The Hall–Kier alpha value is -2.82. The zero-order chi connectivity index (χ0) is 17.7. The number of hydrogen-bond acceptors (Lipinski definition) is 3. The van der Waals surface area contributed by atoms with Crippen LogP contribution in [-0.2, 0) is 16.0 Å². The highest BCUT2D eigenvalue weighted by molar-refractivity contribution is 5.95. The SMILES string of the molecule is Cc1cccc(NC(=O)CN(C)C(=O)Cc2ccc(O)cc2)c1C. The van der Waals surface area contributed by atoms with Crippen LogP contribution in [0.1, 0.15) is 16.7 Å². The number of carbonyl (C=O) groups is 2. The van der Waals surface area contributed by atoms with Gasteiger partial charge in [0.1, 0.15) is 5.75 Å². The number of phenols is 1. The number of nitrogens with zero attached hydrogens (tertiary/aromatic N) is 1. The smallest absolute Gasteiger partial charge is 0.243 e. The predicted molar refractivity (Wildman–Crippen MR) is 94.0 cm³/mol. The number of carbonyl (C=O) groups excluding carboxylic acids is 2. The number of nitrogens with one attached hydrogen (secondary N) is 1. The van der Waals surface area contributed by atoms with E-state index in [4.69, 9.17) is 0 Å². The van der Waals surface area contributed by atoms with Crippen molar-refractivity contribution in [3.05, 3.63) is 59.2 Å². The Labute approximate surface area is 141 Å². The standard InChI is InChI=1S/C19H22N2O3/c1-13-5-4-6-17(14(13)2)20-18(23)12-21(3)19(24)11-15-7-9-16(22)10-8-15/h4-10,22H,11-12H2,1-3H3,(H,20,23). The van der Waals surface area contributed by atoms with Crippen molar-refractivity contribution in [2.75, 3.05) is 18.9 Å². The highest BCUT2D eigenvalue weighted by Crippen LogP contribution is 2.17. The number of anilines is 1. The summed E-state index contributed by atoms with van der Waals surface area (Å²) < 4.78 is 0. The van der Waals surface area contributed by atoms with Crippen LogP contribution in [0, 0.1) is 13.8 Å². The lowest BCUT2D eigenvalue weighted by atomic mass is 10.1. The predicted octanol–water partition coefficient (Wildman–Crippen LogP) is 2.65. The number of hydrogen-bond donors (Lipinski definition) is 2. The molecule has 2 aromatic carbocycles. The van der Waals surface area contributed by atoms with E-state index in [-0.39, 0.29) is 30.5 Å². The number of aryl methyl sites for hydroxylation is 1. The summed E-state index contributed by atoms with van der Waals surface area (Å²) in [7, 11) is 1.60. The van der Waals surface area contributed by atoms with Gasteiger partial charge in [-0.1, -0.05) is 24.3 Å². The molecule has 0 fully saturated rings. The third kappa shape index (κ3) is 4.59. The molecule has 0 radical (unpaired) electrons. The highest BCUT2D eigenvalue weighted by Gasteiger charge is 2.14. The molecule has 0 aromatic heterocycles. The molecule has 0 unspecified atom stereocenters. The number of benzene rings is 2. The van der Waals surface area contributed by atoms with Crippen LogP contribution in [0.5, 0.6) is 5.75 Å². The molecule has 5 nitrogen and oxygen atoms in total. The van der Waals surface area contributed by atoms with Gasteiger partial charge in [-0.3, -0.25) is 9.59 Å². The van der Waals surface area contributed by atoms with Crippen molar-refractivity contribution in [3.8, 4) is 5.75 Å². The van der Waals surface area contributed by atoms with Crippen LogP contribution in [0.25, 0.3) is 0 Å². The van der Waals surface area contributed by atoms with Gasteiger partial charge < -0.3 is 15.3 Å². The van der Waals surface area contributed by atoms with Crippen LogP contribution in [0.4, 0.5) is 5.69 Å². The molecule has 0 spiro atoms. The number of phenolic OH excluding ortho intramolecular Hbond substituents is 1. The summed E-state index contributed by atoms with van der Waals surface area (Å²) >= 11 is 0. The minimum Gasteiger partial charge on any atom is -0.508 e. The van der Waals surface area contributed by atoms with Gasteiger partial charge in [-0.05, 0) is 48.7 Å². The Morgan fingerprint density at radius 2 is 1.75 bits per heavy atom. The largest absolute Gasteiger partial charge is 0.508 e. The monoisotopic (exact) mass is 326 g/mol. The van der Waals surface area contributed by atoms with Crippen LogP contribution in [0.15, 0.2) is 42.5 Å².